The maximum atomic E-state index is 12.9. The van der Waals surface area contributed by atoms with E-state index in [1.54, 1.807) is 53.1 Å². The molecule has 1 aliphatic heterocycles. The van der Waals surface area contributed by atoms with Crippen molar-refractivity contribution in [2.75, 3.05) is 11.5 Å². The Kier molecular flexibility index (Phi) is 6.12. The van der Waals surface area contributed by atoms with Crippen molar-refractivity contribution in [3.63, 3.8) is 0 Å². The van der Waals surface area contributed by atoms with Gasteiger partial charge in [0.1, 0.15) is 0 Å². The molecule has 1 saturated heterocycles. The van der Waals surface area contributed by atoms with Gasteiger partial charge in [-0.1, -0.05) is 36.4 Å². The summed E-state index contributed by atoms with van der Waals surface area (Å²) in [7, 11) is 0. The molecule has 0 radical (unpaired) electrons. The van der Waals surface area contributed by atoms with Crippen LogP contribution in [0, 0.1) is 0 Å². The number of Topliss-reactive ketones (excluding diaryl/α,β-unsaturated/α-hetero) is 1. The third-order valence-corrected chi connectivity index (χ3v) is 6.87. The highest BCUT2D eigenvalue weighted by Gasteiger charge is 2.24. The number of thioether (sulfide) groups is 2. The van der Waals surface area contributed by atoms with Crippen molar-refractivity contribution in [2.24, 2.45) is 0 Å². The predicted molar refractivity (Wildman–Crippen MR) is 106 cm³/mol. The zero-order chi connectivity index (χ0) is 16.8. The lowest BCUT2D eigenvalue weighted by Crippen LogP contribution is -2.14. The number of thiophene rings is 1. The second-order valence-electron chi connectivity index (χ2n) is 5.12. The fraction of sp³-hybridized carbons (Fsp3) is 0.158. The second kappa shape index (κ2) is 8.51. The van der Waals surface area contributed by atoms with Crippen molar-refractivity contribution in [3.05, 3.63) is 74.2 Å². The molecule has 1 aromatic carbocycles. The number of allylic oxidation sites excluding steroid dienone is 2. The van der Waals surface area contributed by atoms with Crippen LogP contribution in [0.25, 0.3) is 6.08 Å². The van der Waals surface area contributed by atoms with Crippen molar-refractivity contribution in [2.45, 2.75) is 6.42 Å². The monoisotopic (exact) mass is 372 g/mol. The zero-order valence-electron chi connectivity index (χ0n) is 12.9. The Morgan fingerprint density at radius 2 is 1.71 bits per heavy atom. The summed E-state index contributed by atoms with van der Waals surface area (Å²) in [6.45, 7) is 0. The molecular formula is C19H16O2S3. The van der Waals surface area contributed by atoms with Crippen molar-refractivity contribution in [1.82, 2.24) is 0 Å². The number of hydrogen-bond acceptors (Lipinski definition) is 5. The minimum Gasteiger partial charge on any atom is -0.289 e. The SMILES string of the molecule is O=C(C=Cc1cccs1)C(C(=O)c1ccccc1)=C1SCCCS1. The summed E-state index contributed by atoms with van der Waals surface area (Å²) in [4.78, 5) is 26.7. The summed E-state index contributed by atoms with van der Waals surface area (Å²) in [6.07, 6.45) is 4.40. The third kappa shape index (κ3) is 4.29. The van der Waals surface area contributed by atoms with E-state index >= 15 is 0 Å². The van der Waals surface area contributed by atoms with E-state index in [4.69, 9.17) is 0 Å². The maximum absolute atomic E-state index is 12.9. The Morgan fingerprint density at radius 1 is 0.958 bits per heavy atom. The average Bonchev–Trinajstić information content (AvgIpc) is 3.15. The molecule has 0 unspecified atom stereocenters. The Hall–Kier alpha value is -1.56. The molecule has 2 nitrogen and oxygen atoms in total. The van der Waals surface area contributed by atoms with Crippen LogP contribution >= 0.6 is 34.9 Å². The van der Waals surface area contributed by atoms with Gasteiger partial charge in [0.25, 0.3) is 0 Å². The fourth-order valence-electron chi connectivity index (χ4n) is 2.24. The molecule has 1 aromatic heterocycles. The van der Waals surface area contributed by atoms with E-state index in [0.29, 0.717) is 11.1 Å². The van der Waals surface area contributed by atoms with Crippen molar-refractivity contribution >= 4 is 52.5 Å². The minimum atomic E-state index is -0.214. The molecule has 0 aliphatic carbocycles. The number of carbonyl (C=O) groups excluding carboxylic acids is 2. The molecule has 1 fully saturated rings. The molecule has 3 rings (SSSR count). The fourth-order valence-corrected chi connectivity index (χ4v) is 5.50. The first kappa shape index (κ1) is 17.3. The van der Waals surface area contributed by atoms with Gasteiger partial charge in [-0.25, -0.2) is 0 Å². The zero-order valence-corrected chi connectivity index (χ0v) is 15.4. The van der Waals surface area contributed by atoms with Crippen LogP contribution in [0.3, 0.4) is 0 Å². The number of benzene rings is 1. The van der Waals surface area contributed by atoms with E-state index in [1.165, 1.54) is 6.08 Å². The smallest absolute Gasteiger partial charge is 0.198 e. The van der Waals surface area contributed by atoms with Gasteiger partial charge >= 0.3 is 0 Å². The molecule has 2 aromatic rings. The number of ketones is 2. The molecule has 0 atom stereocenters. The summed E-state index contributed by atoms with van der Waals surface area (Å²) in [5.74, 6) is 1.51. The first-order valence-electron chi connectivity index (χ1n) is 7.61. The van der Waals surface area contributed by atoms with Gasteiger partial charge in [-0.3, -0.25) is 9.59 Å². The van der Waals surface area contributed by atoms with Crippen molar-refractivity contribution in [3.8, 4) is 0 Å². The van der Waals surface area contributed by atoms with Crippen LogP contribution in [0.2, 0.25) is 0 Å². The van der Waals surface area contributed by atoms with Gasteiger partial charge in [-0.15, -0.1) is 34.9 Å². The van der Waals surface area contributed by atoms with Gasteiger partial charge < -0.3 is 0 Å². The maximum Gasteiger partial charge on any atom is 0.198 e. The summed E-state index contributed by atoms with van der Waals surface area (Å²) in [6, 6.07) is 12.9. The lowest BCUT2D eigenvalue weighted by atomic mass is 10.0. The Bertz CT molecular complexity index is 766. The summed E-state index contributed by atoms with van der Waals surface area (Å²) >= 11 is 4.80. The quantitative estimate of drug-likeness (QED) is 0.309. The summed E-state index contributed by atoms with van der Waals surface area (Å²) in [5, 5.41) is 1.96. The molecule has 2 heterocycles. The topological polar surface area (TPSA) is 34.1 Å². The lowest BCUT2D eigenvalue weighted by molar-refractivity contribution is -0.111. The van der Waals surface area contributed by atoms with Crippen LogP contribution in [0.4, 0.5) is 0 Å². The first-order valence-corrected chi connectivity index (χ1v) is 10.5. The highest BCUT2D eigenvalue weighted by Crippen LogP contribution is 2.38. The first-order chi connectivity index (χ1) is 11.8. The highest BCUT2D eigenvalue weighted by molar-refractivity contribution is 8.22. The third-order valence-electron chi connectivity index (χ3n) is 3.41. The van der Waals surface area contributed by atoms with Gasteiger partial charge in [0, 0.05) is 10.4 Å². The van der Waals surface area contributed by atoms with Crippen LogP contribution in [-0.2, 0) is 4.79 Å². The van der Waals surface area contributed by atoms with Crippen LogP contribution < -0.4 is 0 Å². The number of rotatable bonds is 5. The Labute approximate surface area is 154 Å². The molecular weight excluding hydrogens is 356 g/mol. The van der Waals surface area contributed by atoms with Crippen LogP contribution in [-0.4, -0.2) is 23.1 Å². The van der Waals surface area contributed by atoms with E-state index in [-0.39, 0.29) is 11.6 Å². The minimum absolute atomic E-state index is 0.187. The van der Waals surface area contributed by atoms with Gasteiger partial charge in [-0.05, 0) is 41.5 Å². The predicted octanol–water partition coefficient (Wildman–Crippen LogP) is 5.30. The van der Waals surface area contributed by atoms with Crippen molar-refractivity contribution < 1.29 is 9.59 Å². The number of carbonyl (C=O) groups is 2. The Morgan fingerprint density at radius 3 is 2.38 bits per heavy atom. The molecule has 0 N–H and O–H groups in total. The Balaban J connectivity index is 1.93. The van der Waals surface area contributed by atoms with Gasteiger partial charge in [0.15, 0.2) is 11.6 Å². The van der Waals surface area contributed by atoms with Gasteiger partial charge in [-0.2, -0.15) is 0 Å². The number of hydrogen-bond donors (Lipinski definition) is 0. The normalized spacial score (nSPS) is 14.8. The standard InChI is InChI=1S/C19H16O2S3/c20-16(10-9-15-8-4-11-22-15)17(19-23-12-5-13-24-19)18(21)14-6-2-1-3-7-14/h1-4,6-11H,5,12-13H2. The summed E-state index contributed by atoms with van der Waals surface area (Å²) in [5.41, 5.74) is 0.869. The van der Waals surface area contributed by atoms with Crippen molar-refractivity contribution in [1.29, 1.82) is 0 Å². The molecule has 122 valence electrons. The lowest BCUT2D eigenvalue weighted by Gasteiger charge is -2.16. The van der Waals surface area contributed by atoms with Crippen LogP contribution in [0.15, 0.2) is 63.7 Å². The molecule has 0 saturated carbocycles. The molecule has 0 amide bonds. The van der Waals surface area contributed by atoms with E-state index in [9.17, 15) is 9.59 Å². The van der Waals surface area contributed by atoms with Gasteiger partial charge in [0.2, 0.25) is 0 Å². The van der Waals surface area contributed by atoms with Crippen LogP contribution in [0.5, 0.6) is 0 Å². The molecule has 0 spiro atoms. The highest BCUT2D eigenvalue weighted by atomic mass is 32.2. The van der Waals surface area contributed by atoms with E-state index < -0.39 is 0 Å². The molecule has 24 heavy (non-hydrogen) atoms. The van der Waals surface area contributed by atoms with Gasteiger partial charge in [0.05, 0.1) is 9.81 Å². The van der Waals surface area contributed by atoms with Crippen LogP contribution in [0.1, 0.15) is 21.7 Å². The van der Waals surface area contributed by atoms with E-state index in [1.807, 2.05) is 35.7 Å². The molecule has 1 aliphatic rings. The van der Waals surface area contributed by atoms with E-state index in [0.717, 1.165) is 27.0 Å². The molecule has 5 heteroatoms. The summed E-state index contributed by atoms with van der Waals surface area (Å²) < 4.78 is 0.857. The second-order valence-corrected chi connectivity index (χ2v) is 8.57. The van der Waals surface area contributed by atoms with E-state index in [2.05, 4.69) is 0 Å². The average molecular weight is 373 g/mol. The molecule has 0 bridgehead atoms. The largest absolute Gasteiger partial charge is 0.289 e.